The second kappa shape index (κ2) is 6.98. The standard InChI is InChI=1S/C16H14F3NO2/c1-10(11-5-7-14(8-6-11)22-16(18)19)20-15(21)12-3-2-4-13(17)9-12/h2-10,16H,1H3,(H,20,21). The molecule has 3 nitrogen and oxygen atoms in total. The summed E-state index contributed by atoms with van der Waals surface area (Å²) in [6.07, 6.45) is 0. The van der Waals surface area contributed by atoms with Crippen molar-refractivity contribution >= 4 is 5.91 Å². The van der Waals surface area contributed by atoms with Crippen molar-refractivity contribution in [2.45, 2.75) is 19.6 Å². The minimum Gasteiger partial charge on any atom is -0.435 e. The normalized spacial score (nSPS) is 12.0. The Kier molecular flexibility index (Phi) is 5.04. The van der Waals surface area contributed by atoms with Crippen LogP contribution in [-0.4, -0.2) is 12.5 Å². The Labute approximate surface area is 125 Å². The van der Waals surface area contributed by atoms with Gasteiger partial charge in [-0.05, 0) is 42.8 Å². The van der Waals surface area contributed by atoms with Gasteiger partial charge in [0.25, 0.3) is 5.91 Å². The SMILES string of the molecule is CC(NC(=O)c1cccc(F)c1)c1ccc(OC(F)F)cc1. The van der Waals surface area contributed by atoms with Crippen LogP contribution >= 0.6 is 0 Å². The Bertz CT molecular complexity index is 644. The lowest BCUT2D eigenvalue weighted by atomic mass is 10.1. The Morgan fingerprint density at radius 1 is 1.14 bits per heavy atom. The van der Waals surface area contributed by atoms with Crippen LogP contribution < -0.4 is 10.1 Å². The van der Waals surface area contributed by atoms with Gasteiger partial charge in [-0.1, -0.05) is 18.2 Å². The molecule has 0 saturated heterocycles. The molecule has 0 radical (unpaired) electrons. The maximum atomic E-state index is 13.1. The fourth-order valence-electron chi connectivity index (χ4n) is 1.93. The monoisotopic (exact) mass is 309 g/mol. The van der Waals surface area contributed by atoms with Gasteiger partial charge in [-0.2, -0.15) is 8.78 Å². The highest BCUT2D eigenvalue weighted by molar-refractivity contribution is 5.94. The van der Waals surface area contributed by atoms with Gasteiger partial charge in [0, 0.05) is 5.56 Å². The van der Waals surface area contributed by atoms with E-state index in [1.54, 1.807) is 19.1 Å². The summed E-state index contributed by atoms with van der Waals surface area (Å²) >= 11 is 0. The number of carbonyl (C=O) groups excluding carboxylic acids is 1. The van der Waals surface area contributed by atoms with Crippen LogP contribution in [0.3, 0.4) is 0 Å². The third kappa shape index (κ3) is 4.25. The molecule has 0 bridgehead atoms. The van der Waals surface area contributed by atoms with Crippen molar-refractivity contribution in [2.24, 2.45) is 0 Å². The highest BCUT2D eigenvalue weighted by Crippen LogP contribution is 2.19. The lowest BCUT2D eigenvalue weighted by molar-refractivity contribution is -0.0498. The summed E-state index contributed by atoms with van der Waals surface area (Å²) in [7, 11) is 0. The molecule has 0 saturated carbocycles. The van der Waals surface area contributed by atoms with Crippen LogP contribution in [0.1, 0.15) is 28.9 Å². The second-order valence-electron chi connectivity index (χ2n) is 4.65. The molecular weight excluding hydrogens is 295 g/mol. The number of nitrogens with one attached hydrogen (secondary N) is 1. The molecule has 1 atom stereocenters. The number of carbonyl (C=O) groups is 1. The number of hydrogen-bond acceptors (Lipinski definition) is 2. The van der Waals surface area contributed by atoms with E-state index in [-0.39, 0.29) is 17.4 Å². The van der Waals surface area contributed by atoms with Crippen LogP contribution in [0.15, 0.2) is 48.5 Å². The smallest absolute Gasteiger partial charge is 0.387 e. The molecule has 0 aromatic heterocycles. The number of halogens is 3. The summed E-state index contributed by atoms with van der Waals surface area (Å²) in [6.45, 7) is -1.14. The number of rotatable bonds is 5. The summed E-state index contributed by atoms with van der Waals surface area (Å²) in [4.78, 5) is 12.0. The predicted octanol–water partition coefficient (Wildman–Crippen LogP) is 3.92. The van der Waals surface area contributed by atoms with E-state index >= 15 is 0 Å². The Hall–Kier alpha value is -2.50. The minimum atomic E-state index is -2.88. The number of benzene rings is 2. The van der Waals surface area contributed by atoms with Crippen molar-refractivity contribution in [3.05, 3.63) is 65.5 Å². The molecule has 2 rings (SSSR count). The second-order valence-corrected chi connectivity index (χ2v) is 4.65. The molecule has 0 fully saturated rings. The number of alkyl halides is 2. The first-order valence-corrected chi connectivity index (χ1v) is 6.57. The van der Waals surface area contributed by atoms with Crippen LogP contribution in [-0.2, 0) is 0 Å². The van der Waals surface area contributed by atoms with E-state index in [2.05, 4.69) is 10.1 Å². The van der Waals surface area contributed by atoms with Crippen molar-refractivity contribution in [1.82, 2.24) is 5.32 Å². The number of ether oxygens (including phenoxy) is 1. The maximum absolute atomic E-state index is 13.1. The quantitative estimate of drug-likeness (QED) is 0.909. The third-order valence-electron chi connectivity index (χ3n) is 3.04. The Morgan fingerprint density at radius 3 is 2.41 bits per heavy atom. The summed E-state index contributed by atoms with van der Waals surface area (Å²) in [5.41, 5.74) is 0.927. The molecular formula is C16H14F3NO2. The number of hydrogen-bond donors (Lipinski definition) is 1. The fourth-order valence-corrected chi connectivity index (χ4v) is 1.93. The van der Waals surface area contributed by atoms with E-state index in [1.807, 2.05) is 0 Å². The maximum Gasteiger partial charge on any atom is 0.387 e. The van der Waals surface area contributed by atoms with E-state index < -0.39 is 18.3 Å². The molecule has 0 aliphatic rings. The van der Waals surface area contributed by atoms with Gasteiger partial charge in [0.05, 0.1) is 6.04 Å². The first kappa shape index (κ1) is 15.9. The van der Waals surface area contributed by atoms with Crippen molar-refractivity contribution in [3.63, 3.8) is 0 Å². The zero-order valence-electron chi connectivity index (χ0n) is 11.7. The fraction of sp³-hybridized carbons (Fsp3) is 0.188. The average molecular weight is 309 g/mol. The Morgan fingerprint density at radius 2 is 1.82 bits per heavy atom. The highest BCUT2D eigenvalue weighted by atomic mass is 19.3. The van der Waals surface area contributed by atoms with Gasteiger partial charge < -0.3 is 10.1 Å². The van der Waals surface area contributed by atoms with Crippen molar-refractivity contribution < 1.29 is 22.7 Å². The van der Waals surface area contributed by atoms with E-state index in [1.165, 1.54) is 30.3 Å². The Balaban J connectivity index is 2.02. The summed E-state index contributed by atoms with van der Waals surface area (Å²) in [5, 5.41) is 2.71. The molecule has 0 aliphatic carbocycles. The highest BCUT2D eigenvalue weighted by Gasteiger charge is 2.12. The van der Waals surface area contributed by atoms with E-state index in [9.17, 15) is 18.0 Å². The van der Waals surface area contributed by atoms with Gasteiger partial charge in [0.2, 0.25) is 0 Å². The summed E-state index contributed by atoms with van der Waals surface area (Å²) in [5.74, 6) is -0.865. The first-order chi connectivity index (χ1) is 10.5. The third-order valence-corrected chi connectivity index (χ3v) is 3.04. The molecule has 1 unspecified atom stereocenters. The van der Waals surface area contributed by atoms with Gasteiger partial charge in [0.15, 0.2) is 0 Å². The van der Waals surface area contributed by atoms with Crippen LogP contribution in [0, 0.1) is 5.82 Å². The van der Waals surface area contributed by atoms with Crippen molar-refractivity contribution in [1.29, 1.82) is 0 Å². The average Bonchev–Trinajstić information content (AvgIpc) is 2.47. The lowest BCUT2D eigenvalue weighted by Crippen LogP contribution is -2.26. The first-order valence-electron chi connectivity index (χ1n) is 6.57. The zero-order valence-corrected chi connectivity index (χ0v) is 11.7. The van der Waals surface area contributed by atoms with Crippen molar-refractivity contribution in [3.8, 4) is 5.75 Å². The topological polar surface area (TPSA) is 38.3 Å². The molecule has 116 valence electrons. The molecule has 0 heterocycles. The molecule has 22 heavy (non-hydrogen) atoms. The van der Waals surface area contributed by atoms with Gasteiger partial charge in [-0.3, -0.25) is 4.79 Å². The summed E-state index contributed by atoms with van der Waals surface area (Å²) < 4.78 is 41.5. The molecule has 2 aromatic carbocycles. The predicted molar refractivity (Wildman–Crippen MR) is 75.4 cm³/mol. The zero-order chi connectivity index (χ0) is 16.1. The molecule has 1 N–H and O–H groups in total. The molecule has 2 aromatic rings. The molecule has 6 heteroatoms. The largest absolute Gasteiger partial charge is 0.435 e. The van der Waals surface area contributed by atoms with Crippen molar-refractivity contribution in [2.75, 3.05) is 0 Å². The van der Waals surface area contributed by atoms with Gasteiger partial charge in [-0.25, -0.2) is 4.39 Å². The van der Waals surface area contributed by atoms with Gasteiger partial charge >= 0.3 is 6.61 Å². The minimum absolute atomic E-state index is 0.0439. The van der Waals surface area contributed by atoms with Crippen LogP contribution in [0.2, 0.25) is 0 Å². The number of amides is 1. The van der Waals surface area contributed by atoms with Crippen LogP contribution in [0.5, 0.6) is 5.75 Å². The molecule has 0 aliphatic heterocycles. The van der Waals surface area contributed by atoms with E-state index in [0.717, 1.165) is 6.07 Å². The van der Waals surface area contributed by atoms with Crippen LogP contribution in [0.4, 0.5) is 13.2 Å². The lowest BCUT2D eigenvalue weighted by Gasteiger charge is -2.15. The van der Waals surface area contributed by atoms with E-state index in [4.69, 9.17) is 0 Å². The molecule has 1 amide bonds. The molecule has 0 spiro atoms. The van der Waals surface area contributed by atoms with Crippen LogP contribution in [0.25, 0.3) is 0 Å². The summed E-state index contributed by atoms with van der Waals surface area (Å²) in [6, 6.07) is 10.9. The van der Waals surface area contributed by atoms with Gasteiger partial charge in [-0.15, -0.1) is 0 Å². The van der Waals surface area contributed by atoms with E-state index in [0.29, 0.717) is 5.56 Å². The van der Waals surface area contributed by atoms with Gasteiger partial charge in [0.1, 0.15) is 11.6 Å².